The highest BCUT2D eigenvalue weighted by Crippen LogP contribution is 2.20. The lowest BCUT2D eigenvalue weighted by Gasteiger charge is -2.09. The van der Waals surface area contributed by atoms with Crippen LogP contribution in [0.5, 0.6) is 0 Å². The Bertz CT molecular complexity index is 710. The number of benzene rings is 1. The van der Waals surface area contributed by atoms with Crippen LogP contribution >= 0.6 is 0 Å². The molecule has 0 saturated carbocycles. The molecular formula is C16H14N4. The molecule has 1 N–H and O–H groups in total. The molecule has 2 heterocycles. The molecule has 0 aliphatic rings. The van der Waals surface area contributed by atoms with E-state index in [1.165, 1.54) is 5.56 Å². The van der Waals surface area contributed by atoms with Gasteiger partial charge in [0, 0.05) is 23.6 Å². The molecule has 20 heavy (non-hydrogen) atoms. The molecule has 0 atom stereocenters. The van der Waals surface area contributed by atoms with Gasteiger partial charge < -0.3 is 5.32 Å². The predicted octanol–water partition coefficient (Wildman–Crippen LogP) is 3.59. The van der Waals surface area contributed by atoms with E-state index < -0.39 is 0 Å². The van der Waals surface area contributed by atoms with Crippen molar-refractivity contribution in [2.75, 3.05) is 5.32 Å². The highest BCUT2D eigenvalue weighted by molar-refractivity contribution is 5.63. The standard InChI is InChI=1S/C16H14N4/c1-12-5-2-3-7-14(12)19-16-11-18-10-15(20-16)13-6-4-8-17-9-13/h2-11H,1H3,(H,19,20). The van der Waals surface area contributed by atoms with Crippen molar-refractivity contribution >= 4 is 11.5 Å². The zero-order valence-electron chi connectivity index (χ0n) is 11.1. The Labute approximate surface area is 117 Å². The number of aryl methyl sites for hydroxylation is 1. The maximum absolute atomic E-state index is 4.57. The first-order valence-corrected chi connectivity index (χ1v) is 6.38. The number of anilines is 2. The molecule has 3 rings (SSSR count). The molecule has 0 saturated heterocycles. The molecule has 98 valence electrons. The number of nitrogens with one attached hydrogen (secondary N) is 1. The minimum atomic E-state index is 0.723. The highest BCUT2D eigenvalue weighted by atomic mass is 15.0. The Balaban J connectivity index is 1.91. The summed E-state index contributed by atoms with van der Waals surface area (Å²) in [5.74, 6) is 0.723. The number of nitrogens with zero attached hydrogens (tertiary/aromatic N) is 3. The summed E-state index contributed by atoms with van der Waals surface area (Å²) < 4.78 is 0. The van der Waals surface area contributed by atoms with Crippen molar-refractivity contribution in [2.24, 2.45) is 0 Å². The molecule has 0 amide bonds. The Morgan fingerprint density at radius 2 is 1.80 bits per heavy atom. The van der Waals surface area contributed by atoms with Gasteiger partial charge in [0.2, 0.25) is 0 Å². The molecule has 0 radical (unpaired) electrons. The summed E-state index contributed by atoms with van der Waals surface area (Å²) >= 11 is 0. The molecule has 0 spiro atoms. The molecule has 4 nitrogen and oxygen atoms in total. The summed E-state index contributed by atoms with van der Waals surface area (Å²) in [6, 6.07) is 11.9. The van der Waals surface area contributed by atoms with Gasteiger partial charge in [0.05, 0.1) is 18.1 Å². The van der Waals surface area contributed by atoms with Crippen LogP contribution in [-0.2, 0) is 0 Å². The van der Waals surface area contributed by atoms with Crippen LogP contribution in [0.15, 0.2) is 61.2 Å². The first kappa shape index (κ1) is 12.3. The maximum atomic E-state index is 4.57. The van der Waals surface area contributed by atoms with Gasteiger partial charge in [-0.3, -0.25) is 9.97 Å². The largest absolute Gasteiger partial charge is 0.339 e. The molecule has 1 aromatic carbocycles. The van der Waals surface area contributed by atoms with E-state index in [1.807, 2.05) is 30.3 Å². The van der Waals surface area contributed by atoms with Crippen LogP contribution in [0, 0.1) is 6.92 Å². The average Bonchev–Trinajstić information content (AvgIpc) is 2.51. The number of rotatable bonds is 3. The third-order valence-electron chi connectivity index (χ3n) is 3.00. The monoisotopic (exact) mass is 262 g/mol. The average molecular weight is 262 g/mol. The summed E-state index contributed by atoms with van der Waals surface area (Å²) in [4.78, 5) is 12.9. The van der Waals surface area contributed by atoms with Crippen LogP contribution in [0.25, 0.3) is 11.3 Å². The van der Waals surface area contributed by atoms with Gasteiger partial charge in [-0.15, -0.1) is 0 Å². The number of hydrogen-bond donors (Lipinski definition) is 1. The van der Waals surface area contributed by atoms with Crippen molar-refractivity contribution in [3.8, 4) is 11.3 Å². The lowest BCUT2D eigenvalue weighted by Crippen LogP contribution is -1.97. The second kappa shape index (κ2) is 5.48. The Kier molecular flexibility index (Phi) is 3.37. The summed E-state index contributed by atoms with van der Waals surface area (Å²) in [5, 5.41) is 3.29. The minimum absolute atomic E-state index is 0.723. The Morgan fingerprint density at radius 3 is 2.60 bits per heavy atom. The van der Waals surface area contributed by atoms with Crippen molar-refractivity contribution < 1.29 is 0 Å². The number of pyridine rings is 1. The zero-order valence-corrected chi connectivity index (χ0v) is 11.1. The predicted molar refractivity (Wildman–Crippen MR) is 79.7 cm³/mol. The van der Waals surface area contributed by atoms with Crippen LogP contribution in [0.4, 0.5) is 11.5 Å². The van der Waals surface area contributed by atoms with Crippen molar-refractivity contribution in [1.29, 1.82) is 0 Å². The number of para-hydroxylation sites is 1. The maximum Gasteiger partial charge on any atom is 0.149 e. The lowest BCUT2D eigenvalue weighted by atomic mass is 10.2. The van der Waals surface area contributed by atoms with Gasteiger partial charge in [0.1, 0.15) is 5.82 Å². The van der Waals surface area contributed by atoms with E-state index in [0.717, 1.165) is 22.8 Å². The molecule has 0 bridgehead atoms. The molecule has 0 aliphatic heterocycles. The first-order chi connectivity index (χ1) is 9.83. The van der Waals surface area contributed by atoms with Crippen LogP contribution in [-0.4, -0.2) is 15.0 Å². The van der Waals surface area contributed by atoms with E-state index in [9.17, 15) is 0 Å². The first-order valence-electron chi connectivity index (χ1n) is 6.38. The van der Waals surface area contributed by atoms with Crippen molar-refractivity contribution in [3.63, 3.8) is 0 Å². The van der Waals surface area contributed by atoms with Crippen LogP contribution in [0.1, 0.15) is 5.56 Å². The summed E-state index contributed by atoms with van der Waals surface area (Å²) in [7, 11) is 0. The van der Waals surface area contributed by atoms with Gasteiger partial charge in [-0.1, -0.05) is 18.2 Å². The fourth-order valence-electron chi connectivity index (χ4n) is 1.93. The van der Waals surface area contributed by atoms with Gasteiger partial charge in [-0.05, 0) is 30.7 Å². The van der Waals surface area contributed by atoms with Crippen LogP contribution in [0.2, 0.25) is 0 Å². The molecule has 0 aliphatic carbocycles. The van der Waals surface area contributed by atoms with Crippen molar-refractivity contribution in [1.82, 2.24) is 15.0 Å². The normalized spacial score (nSPS) is 10.2. The smallest absolute Gasteiger partial charge is 0.149 e. The van der Waals surface area contributed by atoms with E-state index in [1.54, 1.807) is 24.8 Å². The molecule has 0 unspecified atom stereocenters. The quantitative estimate of drug-likeness (QED) is 0.783. The van der Waals surface area contributed by atoms with E-state index in [4.69, 9.17) is 0 Å². The van der Waals surface area contributed by atoms with E-state index in [-0.39, 0.29) is 0 Å². The SMILES string of the molecule is Cc1ccccc1Nc1cncc(-c2cccnc2)n1. The molecule has 2 aromatic heterocycles. The van der Waals surface area contributed by atoms with Crippen LogP contribution in [0.3, 0.4) is 0 Å². The number of aromatic nitrogens is 3. The second-order valence-electron chi connectivity index (χ2n) is 4.47. The second-order valence-corrected chi connectivity index (χ2v) is 4.47. The third-order valence-corrected chi connectivity index (χ3v) is 3.00. The van der Waals surface area contributed by atoms with Crippen molar-refractivity contribution in [3.05, 3.63) is 66.7 Å². The van der Waals surface area contributed by atoms with E-state index >= 15 is 0 Å². The summed E-state index contributed by atoms with van der Waals surface area (Å²) in [6.45, 7) is 2.06. The molecule has 3 aromatic rings. The van der Waals surface area contributed by atoms with Gasteiger partial charge >= 0.3 is 0 Å². The molecule has 4 heteroatoms. The summed E-state index contributed by atoms with van der Waals surface area (Å²) in [6.07, 6.45) is 6.97. The van der Waals surface area contributed by atoms with E-state index in [2.05, 4.69) is 33.3 Å². The minimum Gasteiger partial charge on any atom is -0.339 e. The van der Waals surface area contributed by atoms with Gasteiger partial charge in [0.25, 0.3) is 0 Å². The van der Waals surface area contributed by atoms with Gasteiger partial charge in [-0.25, -0.2) is 4.98 Å². The van der Waals surface area contributed by atoms with Crippen molar-refractivity contribution in [2.45, 2.75) is 6.92 Å². The van der Waals surface area contributed by atoms with Crippen LogP contribution < -0.4 is 5.32 Å². The Morgan fingerprint density at radius 1 is 0.900 bits per heavy atom. The zero-order chi connectivity index (χ0) is 13.8. The van der Waals surface area contributed by atoms with Gasteiger partial charge in [-0.2, -0.15) is 0 Å². The fourth-order valence-corrected chi connectivity index (χ4v) is 1.93. The lowest BCUT2D eigenvalue weighted by molar-refractivity contribution is 1.19. The number of hydrogen-bond acceptors (Lipinski definition) is 4. The topological polar surface area (TPSA) is 50.7 Å². The molecular weight excluding hydrogens is 248 g/mol. The Hall–Kier alpha value is -2.75. The summed E-state index contributed by atoms with van der Waals surface area (Å²) in [5.41, 5.74) is 3.95. The fraction of sp³-hybridized carbons (Fsp3) is 0.0625. The third kappa shape index (κ3) is 2.64. The highest BCUT2D eigenvalue weighted by Gasteiger charge is 2.03. The van der Waals surface area contributed by atoms with Gasteiger partial charge in [0.15, 0.2) is 0 Å². The van der Waals surface area contributed by atoms with E-state index in [0.29, 0.717) is 0 Å². The molecule has 0 fully saturated rings.